The van der Waals surface area contributed by atoms with Crippen LogP contribution in [0.4, 0.5) is 0 Å². The number of benzene rings is 1. The van der Waals surface area contributed by atoms with Crippen LogP contribution in [-0.4, -0.2) is 27.3 Å². The largest absolute Gasteiger partial charge is 0.493 e. The highest BCUT2D eigenvalue weighted by Crippen LogP contribution is 2.30. The van der Waals surface area contributed by atoms with Gasteiger partial charge in [0.1, 0.15) is 0 Å². The fourth-order valence-electron chi connectivity index (χ4n) is 3.48. The third kappa shape index (κ3) is 4.37. The van der Waals surface area contributed by atoms with Gasteiger partial charge in [-0.25, -0.2) is 0 Å². The maximum absolute atomic E-state index is 5.41. The molecule has 0 heterocycles. The highest BCUT2D eigenvalue weighted by Gasteiger charge is 2.22. The van der Waals surface area contributed by atoms with E-state index in [1.807, 2.05) is 6.07 Å². The Morgan fingerprint density at radius 1 is 1.05 bits per heavy atom. The number of nitrogens with one attached hydrogen (secondary N) is 1. The lowest BCUT2D eigenvalue weighted by molar-refractivity contribution is 0.330. The molecular formula is C18H29NO2. The van der Waals surface area contributed by atoms with Crippen molar-refractivity contribution in [3.05, 3.63) is 23.8 Å². The first-order valence-corrected chi connectivity index (χ1v) is 8.16. The second-order valence-corrected chi connectivity index (χ2v) is 6.04. The number of methoxy groups -OCH3 is 2. The summed E-state index contributed by atoms with van der Waals surface area (Å²) >= 11 is 0. The molecular weight excluding hydrogens is 262 g/mol. The van der Waals surface area contributed by atoms with Crippen molar-refractivity contribution < 1.29 is 9.47 Å². The molecule has 1 aliphatic carbocycles. The Labute approximate surface area is 129 Å². The monoisotopic (exact) mass is 291 g/mol. The van der Waals surface area contributed by atoms with Gasteiger partial charge in [0.2, 0.25) is 0 Å². The quantitative estimate of drug-likeness (QED) is 0.809. The van der Waals surface area contributed by atoms with Gasteiger partial charge in [0.25, 0.3) is 0 Å². The van der Waals surface area contributed by atoms with Crippen molar-refractivity contribution in [2.24, 2.45) is 5.92 Å². The molecule has 0 radical (unpaired) electrons. The van der Waals surface area contributed by atoms with Crippen molar-refractivity contribution in [3.8, 4) is 11.5 Å². The van der Waals surface area contributed by atoms with Crippen molar-refractivity contribution in [2.75, 3.05) is 21.3 Å². The molecule has 1 N–H and O–H groups in total. The minimum Gasteiger partial charge on any atom is -0.493 e. The number of ether oxygens (including phenoxy) is 2. The van der Waals surface area contributed by atoms with E-state index in [9.17, 15) is 0 Å². The predicted octanol–water partition coefficient (Wildman–Crippen LogP) is 3.80. The van der Waals surface area contributed by atoms with E-state index in [4.69, 9.17) is 9.47 Å². The minimum absolute atomic E-state index is 0.557. The molecule has 1 unspecified atom stereocenters. The van der Waals surface area contributed by atoms with Crippen LogP contribution in [-0.2, 0) is 6.42 Å². The first kappa shape index (κ1) is 16.2. The molecule has 3 heteroatoms. The molecule has 3 nitrogen and oxygen atoms in total. The second kappa shape index (κ2) is 8.28. The van der Waals surface area contributed by atoms with E-state index in [-0.39, 0.29) is 0 Å². The van der Waals surface area contributed by atoms with E-state index in [1.54, 1.807) is 14.2 Å². The van der Waals surface area contributed by atoms with Crippen molar-refractivity contribution in [1.82, 2.24) is 5.32 Å². The normalized spacial score (nSPS) is 18.0. The number of hydrogen-bond donors (Lipinski definition) is 1. The van der Waals surface area contributed by atoms with Crippen LogP contribution in [0.5, 0.6) is 11.5 Å². The molecule has 0 spiro atoms. The van der Waals surface area contributed by atoms with Gasteiger partial charge in [-0.15, -0.1) is 0 Å². The number of rotatable bonds is 6. The van der Waals surface area contributed by atoms with Crippen LogP contribution < -0.4 is 14.8 Å². The molecule has 118 valence electrons. The lowest BCUT2D eigenvalue weighted by Gasteiger charge is -2.26. The van der Waals surface area contributed by atoms with Gasteiger partial charge in [-0.1, -0.05) is 31.7 Å². The fraction of sp³-hybridized carbons (Fsp3) is 0.667. The van der Waals surface area contributed by atoms with Crippen LogP contribution >= 0.6 is 0 Å². The molecule has 2 rings (SSSR count). The van der Waals surface area contributed by atoms with E-state index < -0.39 is 0 Å². The number of likely N-dealkylation sites (N-methyl/N-ethyl adjacent to an activating group) is 1. The Hall–Kier alpha value is -1.22. The van der Waals surface area contributed by atoms with Gasteiger partial charge in [-0.3, -0.25) is 0 Å². The molecule has 0 amide bonds. The molecule has 0 bridgehead atoms. The van der Waals surface area contributed by atoms with Crippen LogP contribution in [0.1, 0.15) is 44.1 Å². The van der Waals surface area contributed by atoms with E-state index in [2.05, 4.69) is 24.5 Å². The van der Waals surface area contributed by atoms with Gasteiger partial charge in [-0.05, 0) is 49.9 Å². The summed E-state index contributed by atoms with van der Waals surface area (Å²) in [4.78, 5) is 0. The van der Waals surface area contributed by atoms with Crippen molar-refractivity contribution >= 4 is 0 Å². The standard InChI is InChI=1S/C18H29NO2/c1-19-16(15-8-6-4-5-7-9-15)12-14-10-11-17(20-2)18(13-14)21-3/h10-11,13,15-16,19H,4-9,12H2,1-3H3. The zero-order valence-corrected chi connectivity index (χ0v) is 13.7. The summed E-state index contributed by atoms with van der Waals surface area (Å²) in [6.07, 6.45) is 9.36. The van der Waals surface area contributed by atoms with Crippen molar-refractivity contribution in [1.29, 1.82) is 0 Å². The van der Waals surface area contributed by atoms with Crippen LogP contribution in [0.2, 0.25) is 0 Å². The maximum Gasteiger partial charge on any atom is 0.160 e. The summed E-state index contributed by atoms with van der Waals surface area (Å²) in [6, 6.07) is 6.83. The zero-order valence-electron chi connectivity index (χ0n) is 13.7. The summed E-state index contributed by atoms with van der Waals surface area (Å²) < 4.78 is 10.7. The molecule has 0 aliphatic heterocycles. The number of hydrogen-bond acceptors (Lipinski definition) is 3. The van der Waals surface area contributed by atoms with Crippen LogP contribution in [0.25, 0.3) is 0 Å². The first-order valence-electron chi connectivity index (χ1n) is 8.16. The SMILES string of the molecule is CNC(Cc1ccc(OC)c(OC)c1)C1CCCCCC1. The highest BCUT2D eigenvalue weighted by molar-refractivity contribution is 5.43. The summed E-state index contributed by atoms with van der Waals surface area (Å²) in [7, 11) is 5.47. The topological polar surface area (TPSA) is 30.5 Å². The average molecular weight is 291 g/mol. The molecule has 0 aromatic heterocycles. The molecule has 21 heavy (non-hydrogen) atoms. The summed E-state index contributed by atoms with van der Waals surface area (Å²) in [6.45, 7) is 0. The van der Waals surface area contributed by atoms with E-state index in [1.165, 1.54) is 44.1 Å². The summed E-state index contributed by atoms with van der Waals surface area (Å²) in [5.41, 5.74) is 1.32. The van der Waals surface area contributed by atoms with E-state index in [0.717, 1.165) is 23.8 Å². The average Bonchev–Trinajstić information content (AvgIpc) is 2.81. The van der Waals surface area contributed by atoms with Crippen molar-refractivity contribution in [2.45, 2.75) is 51.0 Å². The van der Waals surface area contributed by atoms with Gasteiger partial charge in [-0.2, -0.15) is 0 Å². The molecule has 1 saturated carbocycles. The van der Waals surface area contributed by atoms with Crippen molar-refractivity contribution in [3.63, 3.8) is 0 Å². The summed E-state index contributed by atoms with van der Waals surface area (Å²) in [5, 5.41) is 3.54. The molecule has 1 fully saturated rings. The minimum atomic E-state index is 0.557. The van der Waals surface area contributed by atoms with Gasteiger partial charge < -0.3 is 14.8 Å². The fourth-order valence-corrected chi connectivity index (χ4v) is 3.48. The molecule has 1 aliphatic rings. The Morgan fingerprint density at radius 2 is 1.71 bits per heavy atom. The first-order chi connectivity index (χ1) is 10.3. The molecule has 1 aromatic rings. The van der Waals surface area contributed by atoms with Gasteiger partial charge in [0.05, 0.1) is 14.2 Å². The molecule has 0 saturated heterocycles. The van der Waals surface area contributed by atoms with E-state index >= 15 is 0 Å². The zero-order chi connectivity index (χ0) is 15.1. The third-order valence-corrected chi connectivity index (χ3v) is 4.74. The Balaban J connectivity index is 2.06. The molecule has 1 atom stereocenters. The Bertz CT molecular complexity index is 425. The Morgan fingerprint density at radius 3 is 2.29 bits per heavy atom. The van der Waals surface area contributed by atoms with Crippen LogP contribution in [0.3, 0.4) is 0 Å². The smallest absolute Gasteiger partial charge is 0.160 e. The van der Waals surface area contributed by atoms with Crippen LogP contribution in [0.15, 0.2) is 18.2 Å². The predicted molar refractivity (Wildman–Crippen MR) is 87.3 cm³/mol. The molecule has 1 aromatic carbocycles. The third-order valence-electron chi connectivity index (χ3n) is 4.74. The summed E-state index contributed by atoms with van der Waals surface area (Å²) in [5.74, 6) is 2.42. The van der Waals surface area contributed by atoms with Gasteiger partial charge in [0.15, 0.2) is 11.5 Å². The second-order valence-electron chi connectivity index (χ2n) is 6.04. The highest BCUT2D eigenvalue weighted by atomic mass is 16.5. The van der Waals surface area contributed by atoms with E-state index in [0.29, 0.717) is 6.04 Å². The van der Waals surface area contributed by atoms with Gasteiger partial charge >= 0.3 is 0 Å². The van der Waals surface area contributed by atoms with Crippen LogP contribution in [0, 0.1) is 5.92 Å². The maximum atomic E-state index is 5.41. The van der Waals surface area contributed by atoms with Gasteiger partial charge in [0, 0.05) is 6.04 Å². The lowest BCUT2D eigenvalue weighted by Crippen LogP contribution is -2.35. The Kier molecular flexibility index (Phi) is 6.37. The lowest BCUT2D eigenvalue weighted by atomic mass is 9.88.